The smallest absolute Gasteiger partial charge is 0.122 e. The molecule has 2 heteroatoms. The largest absolute Gasteiger partial charge is 0.493 e. The van der Waals surface area contributed by atoms with Gasteiger partial charge in [0.25, 0.3) is 0 Å². The first-order chi connectivity index (χ1) is 9.49. The monoisotopic (exact) mass is 275 g/mol. The van der Waals surface area contributed by atoms with Crippen LogP contribution in [0.15, 0.2) is 24.3 Å². The van der Waals surface area contributed by atoms with Gasteiger partial charge in [-0.2, -0.15) is 0 Å². The third-order valence-corrected chi connectivity index (χ3v) is 4.00. The lowest BCUT2D eigenvalue weighted by molar-refractivity contribution is 0.238. The molecule has 1 N–H and O–H groups in total. The molecule has 2 rings (SSSR count). The first kappa shape index (κ1) is 15.4. The SMILES string of the molecule is CCNC(CC1CCOc2ccccc21)CC(C)(C)C. The molecule has 1 aromatic rings. The summed E-state index contributed by atoms with van der Waals surface area (Å²) in [5.41, 5.74) is 1.77. The van der Waals surface area contributed by atoms with Crippen molar-refractivity contribution < 1.29 is 4.74 Å². The first-order valence-corrected chi connectivity index (χ1v) is 7.94. The summed E-state index contributed by atoms with van der Waals surface area (Å²) in [4.78, 5) is 0. The molecule has 2 atom stereocenters. The van der Waals surface area contributed by atoms with Crippen LogP contribution in [0.1, 0.15) is 58.4 Å². The maximum absolute atomic E-state index is 5.78. The normalized spacial score (nSPS) is 20.1. The average Bonchev–Trinajstić information content (AvgIpc) is 2.37. The van der Waals surface area contributed by atoms with Crippen LogP contribution in [0.5, 0.6) is 5.75 Å². The summed E-state index contributed by atoms with van der Waals surface area (Å²) in [6, 6.07) is 9.13. The molecule has 20 heavy (non-hydrogen) atoms. The molecule has 0 aliphatic carbocycles. The lowest BCUT2D eigenvalue weighted by Gasteiger charge is -2.32. The molecule has 0 fully saturated rings. The Hall–Kier alpha value is -1.02. The molecular weight excluding hydrogens is 246 g/mol. The molecule has 0 bridgehead atoms. The van der Waals surface area contributed by atoms with Crippen LogP contribution in [0.25, 0.3) is 0 Å². The minimum Gasteiger partial charge on any atom is -0.493 e. The van der Waals surface area contributed by atoms with E-state index in [2.05, 4.69) is 57.3 Å². The fourth-order valence-electron chi connectivity index (χ4n) is 3.27. The fourth-order valence-corrected chi connectivity index (χ4v) is 3.27. The molecule has 112 valence electrons. The lowest BCUT2D eigenvalue weighted by Crippen LogP contribution is -2.35. The van der Waals surface area contributed by atoms with E-state index >= 15 is 0 Å². The van der Waals surface area contributed by atoms with Crippen LogP contribution >= 0.6 is 0 Å². The second kappa shape index (κ2) is 6.62. The van der Waals surface area contributed by atoms with Gasteiger partial charge in [-0.05, 0) is 48.8 Å². The van der Waals surface area contributed by atoms with Crippen molar-refractivity contribution in [2.75, 3.05) is 13.2 Å². The van der Waals surface area contributed by atoms with Crippen molar-refractivity contribution in [1.29, 1.82) is 0 Å². The van der Waals surface area contributed by atoms with E-state index in [1.54, 1.807) is 0 Å². The Balaban J connectivity index is 2.07. The Morgan fingerprint density at radius 2 is 2.05 bits per heavy atom. The van der Waals surface area contributed by atoms with Crippen LogP contribution in [-0.4, -0.2) is 19.2 Å². The highest BCUT2D eigenvalue weighted by Gasteiger charge is 2.26. The number of rotatable bonds is 5. The van der Waals surface area contributed by atoms with Crippen molar-refractivity contribution in [2.45, 2.75) is 58.9 Å². The van der Waals surface area contributed by atoms with E-state index in [0.29, 0.717) is 17.4 Å². The summed E-state index contributed by atoms with van der Waals surface area (Å²) in [5.74, 6) is 1.72. The van der Waals surface area contributed by atoms with Crippen molar-refractivity contribution in [1.82, 2.24) is 5.32 Å². The van der Waals surface area contributed by atoms with E-state index in [1.807, 2.05) is 0 Å². The van der Waals surface area contributed by atoms with E-state index in [-0.39, 0.29) is 0 Å². The number of fused-ring (bicyclic) bond motifs is 1. The Bertz CT molecular complexity index is 422. The molecule has 1 aromatic carbocycles. The van der Waals surface area contributed by atoms with Gasteiger partial charge < -0.3 is 10.1 Å². The Morgan fingerprint density at radius 1 is 1.30 bits per heavy atom. The summed E-state index contributed by atoms with van der Waals surface area (Å²) >= 11 is 0. The molecule has 0 saturated heterocycles. The Labute approximate surface area is 123 Å². The minimum atomic E-state index is 0.373. The van der Waals surface area contributed by atoms with Crippen molar-refractivity contribution >= 4 is 0 Å². The summed E-state index contributed by atoms with van der Waals surface area (Å²) in [5, 5.41) is 3.68. The van der Waals surface area contributed by atoms with Gasteiger partial charge in [0.2, 0.25) is 0 Å². The lowest BCUT2D eigenvalue weighted by atomic mass is 9.81. The molecule has 2 unspecified atom stereocenters. The van der Waals surface area contributed by atoms with Gasteiger partial charge in [0.1, 0.15) is 5.75 Å². The standard InChI is InChI=1S/C18H29NO/c1-5-19-15(13-18(2,3)4)12-14-10-11-20-17-9-7-6-8-16(14)17/h6-9,14-15,19H,5,10-13H2,1-4H3. The third kappa shape index (κ3) is 4.24. The van der Waals surface area contributed by atoms with Crippen molar-refractivity contribution in [3.8, 4) is 5.75 Å². The van der Waals surface area contributed by atoms with Crippen molar-refractivity contribution in [3.63, 3.8) is 0 Å². The quantitative estimate of drug-likeness (QED) is 0.862. The molecule has 0 aromatic heterocycles. The van der Waals surface area contributed by atoms with Gasteiger partial charge >= 0.3 is 0 Å². The second-order valence-electron chi connectivity index (χ2n) is 7.13. The van der Waals surface area contributed by atoms with Gasteiger partial charge in [0, 0.05) is 6.04 Å². The zero-order chi connectivity index (χ0) is 14.6. The van der Waals surface area contributed by atoms with E-state index in [4.69, 9.17) is 4.74 Å². The third-order valence-electron chi connectivity index (χ3n) is 4.00. The second-order valence-corrected chi connectivity index (χ2v) is 7.13. The van der Waals surface area contributed by atoms with Gasteiger partial charge in [0.15, 0.2) is 0 Å². The van der Waals surface area contributed by atoms with Crippen LogP contribution in [0, 0.1) is 5.41 Å². The predicted octanol–water partition coefficient (Wildman–Crippen LogP) is 4.36. The zero-order valence-corrected chi connectivity index (χ0v) is 13.4. The number of nitrogens with one attached hydrogen (secondary N) is 1. The van der Waals surface area contributed by atoms with Crippen LogP contribution < -0.4 is 10.1 Å². The molecule has 1 aliphatic rings. The van der Waals surface area contributed by atoms with Gasteiger partial charge in [0.05, 0.1) is 6.61 Å². The molecule has 1 heterocycles. The highest BCUT2D eigenvalue weighted by atomic mass is 16.5. The van der Waals surface area contributed by atoms with Crippen molar-refractivity contribution in [3.05, 3.63) is 29.8 Å². The molecule has 2 nitrogen and oxygen atoms in total. The van der Waals surface area contributed by atoms with E-state index in [9.17, 15) is 0 Å². The number of benzene rings is 1. The average molecular weight is 275 g/mol. The zero-order valence-electron chi connectivity index (χ0n) is 13.4. The minimum absolute atomic E-state index is 0.373. The van der Waals surface area contributed by atoms with E-state index < -0.39 is 0 Å². The number of hydrogen-bond donors (Lipinski definition) is 1. The summed E-state index contributed by atoms with van der Waals surface area (Å²) < 4.78 is 5.78. The highest BCUT2D eigenvalue weighted by molar-refractivity contribution is 5.37. The van der Waals surface area contributed by atoms with Crippen LogP contribution in [-0.2, 0) is 0 Å². The first-order valence-electron chi connectivity index (χ1n) is 7.94. The fraction of sp³-hybridized carbons (Fsp3) is 0.667. The Kier molecular flexibility index (Phi) is 5.09. The van der Waals surface area contributed by atoms with Gasteiger partial charge in [-0.25, -0.2) is 0 Å². The van der Waals surface area contributed by atoms with E-state index in [0.717, 1.165) is 25.3 Å². The molecule has 0 radical (unpaired) electrons. The van der Waals surface area contributed by atoms with Gasteiger partial charge in [-0.15, -0.1) is 0 Å². The van der Waals surface area contributed by atoms with Crippen molar-refractivity contribution in [2.24, 2.45) is 5.41 Å². The van der Waals surface area contributed by atoms with Gasteiger partial charge in [-0.3, -0.25) is 0 Å². The molecule has 0 spiro atoms. The topological polar surface area (TPSA) is 21.3 Å². The number of hydrogen-bond acceptors (Lipinski definition) is 2. The molecule has 0 amide bonds. The van der Waals surface area contributed by atoms with Crippen LogP contribution in [0.3, 0.4) is 0 Å². The van der Waals surface area contributed by atoms with E-state index in [1.165, 1.54) is 18.4 Å². The summed E-state index contributed by atoms with van der Waals surface area (Å²) in [7, 11) is 0. The molecule has 0 saturated carbocycles. The molecular formula is C18H29NO. The maximum Gasteiger partial charge on any atom is 0.122 e. The summed E-state index contributed by atoms with van der Waals surface area (Å²) in [6.45, 7) is 11.1. The maximum atomic E-state index is 5.78. The number of ether oxygens (including phenoxy) is 1. The highest BCUT2D eigenvalue weighted by Crippen LogP contribution is 2.37. The van der Waals surface area contributed by atoms with Crippen LogP contribution in [0.2, 0.25) is 0 Å². The predicted molar refractivity (Wildman–Crippen MR) is 85.4 cm³/mol. The van der Waals surface area contributed by atoms with Crippen LogP contribution in [0.4, 0.5) is 0 Å². The molecule has 1 aliphatic heterocycles. The number of para-hydroxylation sites is 1. The van der Waals surface area contributed by atoms with Gasteiger partial charge in [-0.1, -0.05) is 45.9 Å². The Morgan fingerprint density at radius 3 is 2.75 bits per heavy atom. The summed E-state index contributed by atoms with van der Waals surface area (Å²) in [6.07, 6.45) is 3.58.